The second-order valence-corrected chi connectivity index (χ2v) is 4.76. The smallest absolute Gasteiger partial charge is 0.0359 e. The molecule has 0 aromatic heterocycles. The van der Waals surface area contributed by atoms with Crippen LogP contribution in [-0.2, 0) is 0 Å². The van der Waals surface area contributed by atoms with Gasteiger partial charge in [-0.15, -0.1) is 11.6 Å². The van der Waals surface area contributed by atoms with Gasteiger partial charge in [-0.25, -0.2) is 0 Å². The Morgan fingerprint density at radius 1 is 1.08 bits per heavy atom. The Balaban J connectivity index is 3.30. The van der Waals surface area contributed by atoms with E-state index in [1.54, 1.807) is 0 Å². The molecule has 0 amide bonds. The first-order valence-corrected chi connectivity index (χ1v) is 5.65. The topological polar surface area (TPSA) is 0 Å². The van der Waals surface area contributed by atoms with Gasteiger partial charge in [-0.1, -0.05) is 47.0 Å². The zero-order chi connectivity index (χ0) is 9.56. The maximum atomic E-state index is 6.14. The summed E-state index contributed by atoms with van der Waals surface area (Å²) in [5, 5.41) is 0.383. The fourth-order valence-corrected chi connectivity index (χ4v) is 1.35. The van der Waals surface area contributed by atoms with Gasteiger partial charge in [0.2, 0.25) is 0 Å². The van der Waals surface area contributed by atoms with Gasteiger partial charge in [-0.2, -0.15) is 0 Å². The molecular weight excluding hydrogens is 168 g/mol. The van der Waals surface area contributed by atoms with E-state index in [0.717, 1.165) is 5.92 Å². The molecule has 12 heavy (non-hydrogen) atoms. The van der Waals surface area contributed by atoms with Gasteiger partial charge < -0.3 is 0 Å². The van der Waals surface area contributed by atoms with Gasteiger partial charge in [0.1, 0.15) is 0 Å². The molecule has 0 bridgehead atoms. The Morgan fingerprint density at radius 3 is 2.08 bits per heavy atom. The quantitative estimate of drug-likeness (QED) is 0.543. The highest BCUT2D eigenvalue weighted by Crippen LogP contribution is 2.19. The molecule has 0 radical (unpaired) electrons. The molecule has 0 aliphatic heterocycles. The Morgan fingerprint density at radius 2 is 1.67 bits per heavy atom. The van der Waals surface area contributed by atoms with Crippen molar-refractivity contribution >= 4 is 11.6 Å². The third kappa shape index (κ3) is 5.88. The molecule has 0 aromatic rings. The first-order valence-electron chi connectivity index (χ1n) is 5.22. The molecule has 0 aromatic carbocycles. The summed E-state index contributed by atoms with van der Waals surface area (Å²) >= 11 is 6.14. The molecule has 0 aliphatic rings. The van der Waals surface area contributed by atoms with Crippen LogP contribution in [-0.4, -0.2) is 5.38 Å². The first kappa shape index (κ1) is 12.3. The second-order valence-electron chi connectivity index (χ2n) is 4.20. The van der Waals surface area contributed by atoms with E-state index in [0.29, 0.717) is 11.3 Å². The average Bonchev–Trinajstić information content (AvgIpc) is 2.03. The van der Waals surface area contributed by atoms with Crippen LogP contribution in [0.15, 0.2) is 0 Å². The van der Waals surface area contributed by atoms with E-state index >= 15 is 0 Å². The maximum absolute atomic E-state index is 6.14. The normalized spacial score (nSPS) is 16.5. The number of hydrogen-bond acceptors (Lipinski definition) is 0. The molecule has 0 N–H and O–H groups in total. The summed E-state index contributed by atoms with van der Waals surface area (Å²) < 4.78 is 0. The molecule has 0 aliphatic carbocycles. The van der Waals surface area contributed by atoms with Crippen LogP contribution in [0.5, 0.6) is 0 Å². The predicted molar refractivity (Wildman–Crippen MR) is 57.8 cm³/mol. The number of halogens is 1. The largest absolute Gasteiger partial charge is 0.123 e. The minimum atomic E-state index is 0.383. The summed E-state index contributed by atoms with van der Waals surface area (Å²) in [6.45, 7) is 8.96. The van der Waals surface area contributed by atoms with Gasteiger partial charge in [-0.05, 0) is 18.3 Å². The Kier molecular flexibility index (Phi) is 6.93. The van der Waals surface area contributed by atoms with E-state index in [-0.39, 0.29) is 0 Å². The molecule has 1 heteroatoms. The van der Waals surface area contributed by atoms with Crippen molar-refractivity contribution in [2.75, 3.05) is 0 Å². The van der Waals surface area contributed by atoms with Crippen LogP contribution in [0.2, 0.25) is 0 Å². The molecule has 0 spiro atoms. The van der Waals surface area contributed by atoms with E-state index in [4.69, 9.17) is 11.6 Å². The van der Waals surface area contributed by atoms with Gasteiger partial charge in [0, 0.05) is 5.38 Å². The molecule has 0 rings (SSSR count). The average molecular weight is 191 g/mol. The summed E-state index contributed by atoms with van der Waals surface area (Å²) in [6, 6.07) is 0. The van der Waals surface area contributed by atoms with Crippen LogP contribution in [0.3, 0.4) is 0 Å². The molecule has 74 valence electrons. The van der Waals surface area contributed by atoms with Crippen LogP contribution in [0.1, 0.15) is 53.4 Å². The maximum Gasteiger partial charge on any atom is 0.0359 e. The lowest BCUT2D eigenvalue weighted by Gasteiger charge is -2.14. The van der Waals surface area contributed by atoms with Crippen LogP contribution in [0, 0.1) is 11.8 Å². The Bertz CT molecular complexity index is 99.2. The molecule has 2 unspecified atom stereocenters. The number of rotatable bonds is 6. The first-order chi connectivity index (χ1) is 5.57. The lowest BCUT2D eigenvalue weighted by Crippen LogP contribution is -2.07. The lowest BCUT2D eigenvalue weighted by molar-refractivity contribution is 0.458. The van der Waals surface area contributed by atoms with Gasteiger partial charge in [0.05, 0.1) is 0 Å². The lowest BCUT2D eigenvalue weighted by atomic mass is 9.98. The summed E-state index contributed by atoms with van der Waals surface area (Å²) in [6.07, 6.45) is 5.12. The predicted octanol–water partition coefficient (Wildman–Crippen LogP) is 4.47. The summed E-state index contributed by atoms with van der Waals surface area (Å²) in [5.74, 6) is 1.50. The van der Waals surface area contributed by atoms with Gasteiger partial charge in [0.25, 0.3) is 0 Å². The molecule has 0 fully saturated rings. The number of alkyl halides is 1. The van der Waals surface area contributed by atoms with E-state index < -0.39 is 0 Å². The third-order valence-corrected chi connectivity index (χ3v) is 3.32. The SMILES string of the molecule is CCC(C)CCCC(Cl)C(C)C. The third-order valence-electron chi connectivity index (χ3n) is 2.60. The van der Waals surface area contributed by atoms with E-state index in [9.17, 15) is 0 Å². The summed E-state index contributed by atoms with van der Waals surface area (Å²) in [4.78, 5) is 0. The minimum absolute atomic E-state index is 0.383. The second kappa shape index (κ2) is 6.77. The molecule has 0 heterocycles. The zero-order valence-corrected chi connectivity index (χ0v) is 9.69. The fraction of sp³-hybridized carbons (Fsp3) is 1.00. The highest BCUT2D eigenvalue weighted by atomic mass is 35.5. The van der Waals surface area contributed by atoms with Crippen molar-refractivity contribution in [3.63, 3.8) is 0 Å². The molecular formula is C11H23Cl. The van der Waals surface area contributed by atoms with Crippen molar-refractivity contribution < 1.29 is 0 Å². The Hall–Kier alpha value is 0.290. The summed E-state index contributed by atoms with van der Waals surface area (Å²) in [7, 11) is 0. The van der Waals surface area contributed by atoms with E-state index in [1.807, 2.05) is 0 Å². The van der Waals surface area contributed by atoms with Crippen LogP contribution >= 0.6 is 11.6 Å². The minimum Gasteiger partial charge on any atom is -0.123 e. The zero-order valence-electron chi connectivity index (χ0n) is 8.94. The molecule has 0 nitrogen and oxygen atoms in total. The van der Waals surface area contributed by atoms with Gasteiger partial charge in [-0.3, -0.25) is 0 Å². The van der Waals surface area contributed by atoms with E-state index in [1.165, 1.54) is 25.7 Å². The van der Waals surface area contributed by atoms with Crippen LogP contribution < -0.4 is 0 Å². The van der Waals surface area contributed by atoms with Gasteiger partial charge >= 0.3 is 0 Å². The van der Waals surface area contributed by atoms with E-state index in [2.05, 4.69) is 27.7 Å². The van der Waals surface area contributed by atoms with Crippen molar-refractivity contribution in [2.24, 2.45) is 11.8 Å². The van der Waals surface area contributed by atoms with Crippen molar-refractivity contribution in [3.8, 4) is 0 Å². The highest BCUT2D eigenvalue weighted by molar-refractivity contribution is 6.20. The number of hydrogen-bond donors (Lipinski definition) is 0. The fourth-order valence-electron chi connectivity index (χ4n) is 1.20. The highest BCUT2D eigenvalue weighted by Gasteiger charge is 2.09. The summed E-state index contributed by atoms with van der Waals surface area (Å²) in [5.41, 5.74) is 0. The monoisotopic (exact) mass is 190 g/mol. The molecule has 2 atom stereocenters. The van der Waals surface area contributed by atoms with Gasteiger partial charge in [0.15, 0.2) is 0 Å². The Labute approximate surface area is 82.7 Å². The van der Waals surface area contributed by atoms with Crippen molar-refractivity contribution in [2.45, 2.75) is 58.8 Å². The standard InChI is InChI=1S/C11H23Cl/c1-5-10(4)7-6-8-11(12)9(2)3/h9-11H,5-8H2,1-4H3. The van der Waals surface area contributed by atoms with Crippen LogP contribution in [0.4, 0.5) is 0 Å². The van der Waals surface area contributed by atoms with Crippen molar-refractivity contribution in [1.82, 2.24) is 0 Å². The molecule has 0 saturated heterocycles. The van der Waals surface area contributed by atoms with Crippen LogP contribution in [0.25, 0.3) is 0 Å². The molecule has 0 saturated carbocycles. The van der Waals surface area contributed by atoms with Crippen molar-refractivity contribution in [1.29, 1.82) is 0 Å². The van der Waals surface area contributed by atoms with Crippen molar-refractivity contribution in [3.05, 3.63) is 0 Å².